The van der Waals surface area contributed by atoms with Gasteiger partial charge in [0.15, 0.2) is 0 Å². The Balaban J connectivity index is 1.56. The average Bonchev–Trinajstić information content (AvgIpc) is 3.25. The summed E-state index contributed by atoms with van der Waals surface area (Å²) in [5.41, 5.74) is 2.72. The highest BCUT2D eigenvalue weighted by molar-refractivity contribution is 6.31. The van der Waals surface area contributed by atoms with E-state index in [4.69, 9.17) is 23.2 Å². The lowest BCUT2D eigenvalue weighted by Crippen LogP contribution is -2.49. The van der Waals surface area contributed by atoms with Crippen molar-refractivity contribution in [2.24, 2.45) is 0 Å². The van der Waals surface area contributed by atoms with Crippen LogP contribution in [0, 0.1) is 11.3 Å². The summed E-state index contributed by atoms with van der Waals surface area (Å²) in [6.07, 6.45) is 6.06. The van der Waals surface area contributed by atoms with Crippen molar-refractivity contribution in [1.82, 2.24) is 14.5 Å². The van der Waals surface area contributed by atoms with Crippen LogP contribution < -0.4 is 4.90 Å². The number of hydrogen-bond donors (Lipinski definition) is 0. The lowest BCUT2D eigenvalue weighted by Gasteiger charge is -2.43. The molecule has 0 amide bonds. The zero-order chi connectivity index (χ0) is 22.5. The molecule has 3 aromatic rings. The Kier molecular flexibility index (Phi) is 7.36. The zero-order valence-corrected chi connectivity index (χ0v) is 19.7. The number of aromatic nitrogens is 2. The Bertz CT molecular complexity index is 1090. The normalized spacial score (nSPS) is 16.8. The van der Waals surface area contributed by atoms with Crippen LogP contribution in [0.5, 0.6) is 0 Å². The number of benzene rings is 2. The first kappa shape index (κ1) is 22.7. The highest BCUT2D eigenvalue weighted by Crippen LogP contribution is 2.34. The van der Waals surface area contributed by atoms with Crippen LogP contribution in [-0.2, 0) is 13.0 Å². The monoisotopic (exact) mass is 467 g/mol. The maximum atomic E-state index is 9.71. The van der Waals surface area contributed by atoms with Crippen LogP contribution in [0.25, 0.3) is 0 Å². The maximum absolute atomic E-state index is 9.71. The number of nitriles is 1. The fourth-order valence-corrected chi connectivity index (χ4v) is 4.69. The largest absolute Gasteiger partial charge is 0.361 e. The molecule has 0 saturated carbocycles. The number of aryl methyl sites for hydroxylation is 1. The van der Waals surface area contributed by atoms with E-state index in [1.807, 2.05) is 30.5 Å². The molecule has 1 aliphatic heterocycles. The Hall–Kier alpha value is -2.52. The first-order valence-electron chi connectivity index (χ1n) is 11.0. The predicted molar refractivity (Wildman–Crippen MR) is 130 cm³/mol. The first-order chi connectivity index (χ1) is 15.6. The molecule has 1 atom stereocenters. The number of halogens is 2. The molecule has 0 spiro atoms. The summed E-state index contributed by atoms with van der Waals surface area (Å²) < 4.78 is 2.26. The molecule has 0 bridgehead atoms. The van der Waals surface area contributed by atoms with Gasteiger partial charge in [0.1, 0.15) is 11.9 Å². The summed E-state index contributed by atoms with van der Waals surface area (Å²) in [5.74, 6) is 1.15. The molecule has 0 aliphatic carbocycles. The van der Waals surface area contributed by atoms with Gasteiger partial charge in [0, 0.05) is 61.6 Å². The first-order valence-corrected chi connectivity index (χ1v) is 11.8. The molecule has 4 rings (SSSR count). The van der Waals surface area contributed by atoms with Crippen molar-refractivity contribution < 1.29 is 0 Å². The van der Waals surface area contributed by atoms with Crippen LogP contribution >= 0.6 is 23.2 Å². The van der Waals surface area contributed by atoms with Gasteiger partial charge in [-0.1, -0.05) is 42.3 Å². The number of piperazine rings is 1. The van der Waals surface area contributed by atoms with E-state index < -0.39 is 0 Å². The molecule has 1 aromatic heterocycles. The molecule has 166 valence electrons. The molecule has 1 aliphatic rings. The maximum Gasteiger partial charge on any atom is 0.108 e. The minimum atomic E-state index is 0.118. The number of anilines is 1. The lowest BCUT2D eigenvalue weighted by molar-refractivity contribution is 0.215. The lowest BCUT2D eigenvalue weighted by atomic mass is 10.00. The van der Waals surface area contributed by atoms with Gasteiger partial charge in [0.25, 0.3) is 0 Å². The van der Waals surface area contributed by atoms with E-state index in [-0.39, 0.29) is 6.04 Å². The third-order valence-electron chi connectivity index (χ3n) is 6.04. The summed E-state index contributed by atoms with van der Waals surface area (Å²) in [6.45, 7) is 6.68. The highest BCUT2D eigenvalue weighted by atomic mass is 35.5. The summed E-state index contributed by atoms with van der Waals surface area (Å²) in [5, 5.41) is 11.0. The van der Waals surface area contributed by atoms with E-state index in [1.165, 1.54) is 5.56 Å². The fraction of sp³-hybridized carbons (Fsp3) is 0.360. The fourth-order valence-electron chi connectivity index (χ4n) is 4.39. The SMILES string of the molecule is CCCc1nccn1CCN1CCN(c2ccc(Cl)cc2C#N)[C@H](c2ccc(Cl)cc2)C1. The molecule has 32 heavy (non-hydrogen) atoms. The van der Waals surface area contributed by atoms with Crippen LogP contribution in [0.3, 0.4) is 0 Å². The minimum absolute atomic E-state index is 0.118. The average molecular weight is 468 g/mol. The van der Waals surface area contributed by atoms with Crippen LogP contribution in [0.2, 0.25) is 10.0 Å². The summed E-state index contributed by atoms with van der Waals surface area (Å²) in [4.78, 5) is 9.32. The molecule has 7 heteroatoms. The van der Waals surface area contributed by atoms with E-state index in [1.54, 1.807) is 6.07 Å². The quantitative estimate of drug-likeness (QED) is 0.455. The Morgan fingerprint density at radius 3 is 2.59 bits per heavy atom. The van der Waals surface area contributed by atoms with Crippen molar-refractivity contribution in [3.63, 3.8) is 0 Å². The van der Waals surface area contributed by atoms with Crippen LogP contribution in [-0.4, -0.2) is 40.6 Å². The van der Waals surface area contributed by atoms with Crippen LogP contribution in [0.1, 0.15) is 36.3 Å². The second-order valence-electron chi connectivity index (χ2n) is 8.12. The molecule has 0 unspecified atom stereocenters. The summed E-state index contributed by atoms with van der Waals surface area (Å²) >= 11 is 12.3. The van der Waals surface area contributed by atoms with Gasteiger partial charge in [0.2, 0.25) is 0 Å². The zero-order valence-electron chi connectivity index (χ0n) is 18.2. The summed E-state index contributed by atoms with van der Waals surface area (Å²) in [7, 11) is 0. The van der Waals surface area contributed by atoms with Gasteiger partial charge >= 0.3 is 0 Å². The molecule has 5 nitrogen and oxygen atoms in total. The van der Waals surface area contributed by atoms with E-state index in [0.29, 0.717) is 10.6 Å². The van der Waals surface area contributed by atoms with Gasteiger partial charge in [-0.25, -0.2) is 4.98 Å². The van der Waals surface area contributed by atoms with Crippen molar-refractivity contribution in [1.29, 1.82) is 5.26 Å². The number of hydrogen-bond acceptors (Lipinski definition) is 4. The molecular weight excluding hydrogens is 441 g/mol. The summed E-state index contributed by atoms with van der Waals surface area (Å²) in [6, 6.07) is 16.0. The standard InChI is InChI=1S/C25H27Cl2N5/c1-2-3-25-29-10-11-31(25)14-12-30-13-15-32(23-9-8-22(27)16-20(23)17-28)24(18-30)19-4-6-21(26)7-5-19/h4-11,16,24H,2-3,12-15,18H2,1H3/t24-/m0/s1. The van der Waals surface area contributed by atoms with Gasteiger partial charge in [0.05, 0.1) is 17.3 Å². The third kappa shape index (κ3) is 5.10. The second-order valence-corrected chi connectivity index (χ2v) is 8.99. The van der Waals surface area contributed by atoms with E-state index >= 15 is 0 Å². The predicted octanol–water partition coefficient (Wildman–Crippen LogP) is 5.58. The smallest absolute Gasteiger partial charge is 0.108 e. The Morgan fingerprint density at radius 2 is 1.84 bits per heavy atom. The minimum Gasteiger partial charge on any atom is -0.361 e. The Labute approximate surface area is 199 Å². The second kappa shape index (κ2) is 10.4. The van der Waals surface area contributed by atoms with E-state index in [9.17, 15) is 5.26 Å². The molecular formula is C25H27Cl2N5. The van der Waals surface area contributed by atoms with Crippen LogP contribution in [0.15, 0.2) is 54.9 Å². The van der Waals surface area contributed by atoms with Crippen molar-refractivity contribution in [3.8, 4) is 6.07 Å². The number of nitrogens with zero attached hydrogens (tertiary/aromatic N) is 5. The van der Waals surface area contributed by atoms with E-state index in [2.05, 4.69) is 50.7 Å². The van der Waals surface area contributed by atoms with E-state index in [0.717, 1.165) is 62.1 Å². The van der Waals surface area contributed by atoms with Gasteiger partial charge in [-0.15, -0.1) is 0 Å². The van der Waals surface area contributed by atoms with Crippen LogP contribution in [0.4, 0.5) is 5.69 Å². The van der Waals surface area contributed by atoms with Crippen molar-refractivity contribution in [3.05, 3.63) is 81.9 Å². The Morgan fingerprint density at radius 1 is 1.06 bits per heavy atom. The van der Waals surface area contributed by atoms with Crippen molar-refractivity contribution in [2.45, 2.75) is 32.4 Å². The van der Waals surface area contributed by atoms with Crippen molar-refractivity contribution >= 4 is 28.9 Å². The molecule has 1 fully saturated rings. The molecule has 2 aromatic carbocycles. The van der Waals surface area contributed by atoms with Crippen molar-refractivity contribution in [2.75, 3.05) is 31.1 Å². The number of imidazole rings is 1. The third-order valence-corrected chi connectivity index (χ3v) is 6.53. The van der Waals surface area contributed by atoms with Gasteiger partial charge < -0.3 is 9.47 Å². The van der Waals surface area contributed by atoms with Gasteiger partial charge in [-0.2, -0.15) is 5.26 Å². The molecule has 0 N–H and O–H groups in total. The number of rotatable bonds is 7. The molecule has 0 radical (unpaired) electrons. The van der Waals surface area contributed by atoms with Gasteiger partial charge in [-0.3, -0.25) is 4.90 Å². The topological polar surface area (TPSA) is 48.1 Å². The van der Waals surface area contributed by atoms with Gasteiger partial charge in [-0.05, 0) is 42.3 Å². The highest BCUT2D eigenvalue weighted by Gasteiger charge is 2.30. The molecule has 2 heterocycles. The molecule has 1 saturated heterocycles.